The van der Waals surface area contributed by atoms with Gasteiger partial charge in [0.1, 0.15) is 0 Å². The molecule has 0 unspecified atom stereocenters. The van der Waals surface area contributed by atoms with Crippen LogP contribution in [0.3, 0.4) is 0 Å². The number of nitrogens with zero attached hydrogens (tertiary/aromatic N) is 5. The lowest BCUT2D eigenvalue weighted by Gasteiger charge is -2.36. The highest BCUT2D eigenvalue weighted by molar-refractivity contribution is 6.04. The quantitative estimate of drug-likeness (QED) is 0.830. The van der Waals surface area contributed by atoms with Gasteiger partial charge in [-0.2, -0.15) is 5.10 Å². The van der Waals surface area contributed by atoms with Crippen LogP contribution in [0.25, 0.3) is 0 Å². The molecule has 0 N–H and O–H groups in total. The molecule has 7 nitrogen and oxygen atoms in total. The number of anilines is 1. The predicted molar refractivity (Wildman–Crippen MR) is 104 cm³/mol. The molecule has 4 rings (SSSR count). The number of hydrogen-bond donors (Lipinski definition) is 0. The monoisotopic (exact) mass is 367 g/mol. The zero-order chi connectivity index (χ0) is 18.8. The van der Waals surface area contributed by atoms with Crippen molar-refractivity contribution in [2.24, 2.45) is 5.16 Å². The van der Waals surface area contributed by atoms with E-state index in [0.717, 1.165) is 36.6 Å². The smallest absolute Gasteiger partial charge is 0.267 e. The van der Waals surface area contributed by atoms with Crippen molar-refractivity contribution in [2.75, 3.05) is 31.1 Å². The summed E-state index contributed by atoms with van der Waals surface area (Å²) in [5, 5.41) is 8.63. The first-order valence-corrected chi connectivity index (χ1v) is 9.51. The third-order valence-electron chi connectivity index (χ3n) is 5.24. The highest BCUT2D eigenvalue weighted by atomic mass is 16.6. The maximum absolute atomic E-state index is 12.9. The summed E-state index contributed by atoms with van der Waals surface area (Å²) in [6, 6.07) is 10.3. The summed E-state index contributed by atoms with van der Waals surface area (Å²) in [5.41, 5.74) is 3.91. The number of aromatic nitrogens is 2. The Bertz CT molecular complexity index is 837. The molecule has 0 radical (unpaired) electrons. The summed E-state index contributed by atoms with van der Waals surface area (Å²) >= 11 is 0. The van der Waals surface area contributed by atoms with E-state index in [-0.39, 0.29) is 5.91 Å². The second kappa shape index (κ2) is 7.42. The molecule has 142 valence electrons. The first-order chi connectivity index (χ1) is 13.2. The van der Waals surface area contributed by atoms with Gasteiger partial charge in [0.05, 0.1) is 11.4 Å². The van der Waals surface area contributed by atoms with Crippen LogP contribution in [0.4, 0.5) is 5.69 Å². The third kappa shape index (κ3) is 3.54. The summed E-state index contributed by atoms with van der Waals surface area (Å²) in [6.07, 6.45) is 1.96. The fraction of sp³-hybridized carbons (Fsp3) is 0.450. The second-order valence-corrected chi connectivity index (χ2v) is 6.97. The standard InChI is InChI=1S/C20H25N5O2/c1-3-25-14-17(15(2)21-25)18-13-19(27-22-18)20(26)24-11-9-23(10-12-24)16-7-5-4-6-8-16/h4-8,14,19H,3,9-13H2,1-2H3/t19-/m1/s1. The number of carbonyl (C=O) groups is 1. The van der Waals surface area contributed by atoms with Gasteiger partial charge in [-0.1, -0.05) is 23.4 Å². The Balaban J connectivity index is 1.34. The Morgan fingerprint density at radius 1 is 1.19 bits per heavy atom. The molecule has 3 heterocycles. The lowest BCUT2D eigenvalue weighted by Crippen LogP contribution is -2.51. The van der Waals surface area contributed by atoms with E-state index in [1.807, 2.05) is 47.8 Å². The number of aryl methyl sites for hydroxylation is 2. The van der Waals surface area contributed by atoms with E-state index in [4.69, 9.17) is 4.84 Å². The molecule has 0 bridgehead atoms. The van der Waals surface area contributed by atoms with Crippen molar-refractivity contribution < 1.29 is 9.63 Å². The Labute approximate surface area is 159 Å². The molecule has 1 amide bonds. The Kier molecular flexibility index (Phi) is 4.83. The minimum absolute atomic E-state index is 0.0296. The maximum Gasteiger partial charge on any atom is 0.267 e. The largest absolute Gasteiger partial charge is 0.382 e. The normalized spacial score (nSPS) is 19.8. The second-order valence-electron chi connectivity index (χ2n) is 6.97. The SMILES string of the molecule is CCn1cc(C2=NO[C@@H](C(=O)N3CCN(c4ccccc4)CC3)C2)c(C)n1. The van der Waals surface area contributed by atoms with Crippen LogP contribution in [0, 0.1) is 6.92 Å². The molecule has 1 fully saturated rings. The topological polar surface area (TPSA) is 63.0 Å². The molecule has 0 spiro atoms. The van der Waals surface area contributed by atoms with E-state index in [1.54, 1.807) is 0 Å². The number of amides is 1. The lowest BCUT2D eigenvalue weighted by atomic mass is 10.1. The molecule has 1 atom stereocenters. The van der Waals surface area contributed by atoms with E-state index < -0.39 is 6.10 Å². The van der Waals surface area contributed by atoms with Crippen molar-refractivity contribution >= 4 is 17.3 Å². The average Bonchev–Trinajstić information content (AvgIpc) is 3.34. The predicted octanol–water partition coefficient (Wildman–Crippen LogP) is 2.05. The minimum atomic E-state index is -0.521. The van der Waals surface area contributed by atoms with Gasteiger partial charge in [-0.3, -0.25) is 9.48 Å². The van der Waals surface area contributed by atoms with Crippen molar-refractivity contribution in [3.8, 4) is 0 Å². The van der Waals surface area contributed by atoms with Gasteiger partial charge >= 0.3 is 0 Å². The first-order valence-electron chi connectivity index (χ1n) is 9.51. The van der Waals surface area contributed by atoms with E-state index in [2.05, 4.69) is 27.3 Å². The van der Waals surface area contributed by atoms with Crippen LogP contribution >= 0.6 is 0 Å². The molecule has 7 heteroatoms. The van der Waals surface area contributed by atoms with Crippen molar-refractivity contribution in [1.82, 2.24) is 14.7 Å². The average molecular weight is 367 g/mol. The number of carbonyl (C=O) groups excluding carboxylic acids is 1. The molecule has 1 saturated heterocycles. The van der Waals surface area contributed by atoms with Crippen molar-refractivity contribution in [3.05, 3.63) is 47.8 Å². The Morgan fingerprint density at radius 3 is 2.59 bits per heavy atom. The van der Waals surface area contributed by atoms with E-state index in [0.29, 0.717) is 19.5 Å². The van der Waals surface area contributed by atoms with Crippen molar-refractivity contribution in [1.29, 1.82) is 0 Å². The van der Waals surface area contributed by atoms with Gasteiger partial charge in [-0.05, 0) is 26.0 Å². The van der Waals surface area contributed by atoms with Crippen LogP contribution in [-0.2, 0) is 16.2 Å². The molecular formula is C20H25N5O2. The highest BCUT2D eigenvalue weighted by Crippen LogP contribution is 2.22. The van der Waals surface area contributed by atoms with Gasteiger partial charge in [0.25, 0.3) is 5.91 Å². The molecule has 27 heavy (non-hydrogen) atoms. The van der Waals surface area contributed by atoms with Crippen LogP contribution in [0.5, 0.6) is 0 Å². The molecule has 1 aromatic carbocycles. The molecule has 0 saturated carbocycles. The number of para-hydroxylation sites is 1. The van der Waals surface area contributed by atoms with Crippen LogP contribution in [-0.4, -0.2) is 58.6 Å². The minimum Gasteiger partial charge on any atom is -0.382 e. The molecule has 1 aromatic heterocycles. The van der Waals surface area contributed by atoms with E-state index >= 15 is 0 Å². The maximum atomic E-state index is 12.9. The van der Waals surface area contributed by atoms with Crippen LogP contribution in [0.2, 0.25) is 0 Å². The van der Waals surface area contributed by atoms with Gasteiger partial charge < -0.3 is 14.6 Å². The zero-order valence-electron chi connectivity index (χ0n) is 15.8. The van der Waals surface area contributed by atoms with Gasteiger partial charge in [-0.15, -0.1) is 0 Å². The number of rotatable bonds is 4. The molecule has 2 aliphatic rings. The number of piperazine rings is 1. The lowest BCUT2D eigenvalue weighted by molar-refractivity contribution is -0.142. The number of benzene rings is 1. The summed E-state index contributed by atoms with van der Waals surface area (Å²) in [7, 11) is 0. The third-order valence-corrected chi connectivity index (χ3v) is 5.24. The molecule has 0 aliphatic carbocycles. The number of hydrogen-bond acceptors (Lipinski definition) is 5. The van der Waals surface area contributed by atoms with Gasteiger partial charge in [0, 0.05) is 56.6 Å². The van der Waals surface area contributed by atoms with Crippen LogP contribution in [0.15, 0.2) is 41.7 Å². The zero-order valence-corrected chi connectivity index (χ0v) is 15.8. The molecule has 2 aromatic rings. The Hall–Kier alpha value is -2.83. The van der Waals surface area contributed by atoms with Crippen LogP contribution in [0.1, 0.15) is 24.6 Å². The van der Waals surface area contributed by atoms with Crippen molar-refractivity contribution in [2.45, 2.75) is 32.9 Å². The summed E-state index contributed by atoms with van der Waals surface area (Å²) in [5.74, 6) is 0.0296. The van der Waals surface area contributed by atoms with Crippen LogP contribution < -0.4 is 4.90 Å². The van der Waals surface area contributed by atoms with E-state index in [1.165, 1.54) is 5.69 Å². The number of oxime groups is 1. The fourth-order valence-electron chi connectivity index (χ4n) is 3.66. The summed E-state index contributed by atoms with van der Waals surface area (Å²) < 4.78 is 1.88. The van der Waals surface area contributed by atoms with E-state index in [9.17, 15) is 4.79 Å². The summed E-state index contributed by atoms with van der Waals surface area (Å²) in [4.78, 5) is 22.5. The summed E-state index contributed by atoms with van der Waals surface area (Å²) in [6.45, 7) is 7.89. The van der Waals surface area contributed by atoms with Gasteiger partial charge in [0.2, 0.25) is 6.10 Å². The Morgan fingerprint density at radius 2 is 1.93 bits per heavy atom. The molecule has 2 aliphatic heterocycles. The van der Waals surface area contributed by atoms with Gasteiger partial charge in [-0.25, -0.2) is 0 Å². The first kappa shape index (κ1) is 17.6. The van der Waals surface area contributed by atoms with Crippen molar-refractivity contribution in [3.63, 3.8) is 0 Å². The fourth-order valence-corrected chi connectivity index (χ4v) is 3.66. The van der Waals surface area contributed by atoms with Gasteiger partial charge in [0.15, 0.2) is 0 Å². The highest BCUT2D eigenvalue weighted by Gasteiger charge is 2.34. The molecular weight excluding hydrogens is 342 g/mol.